The monoisotopic (exact) mass is 219 g/mol. The lowest BCUT2D eigenvalue weighted by Gasteiger charge is -2.04. The van der Waals surface area contributed by atoms with Crippen LogP contribution in [0.5, 0.6) is 0 Å². The lowest BCUT2D eigenvalue weighted by molar-refractivity contribution is 0.458. The van der Waals surface area contributed by atoms with Crippen LogP contribution in [0, 0.1) is 0 Å². The first-order chi connectivity index (χ1) is 8.45. The van der Waals surface area contributed by atoms with Crippen molar-refractivity contribution in [2.24, 2.45) is 0 Å². The maximum absolute atomic E-state index is 5.39. The number of hydrogen-bond acceptors (Lipinski definition) is 2. The van der Waals surface area contributed by atoms with Gasteiger partial charge in [0.1, 0.15) is 0 Å². The summed E-state index contributed by atoms with van der Waals surface area (Å²) in [6, 6.07) is 16.6. The average Bonchev–Trinajstić information content (AvgIpc) is 2.89. The van der Waals surface area contributed by atoms with Gasteiger partial charge in [0.15, 0.2) is 5.58 Å². The number of aromatic nitrogens is 1. The molecule has 0 aliphatic carbocycles. The van der Waals surface area contributed by atoms with E-state index < -0.39 is 0 Å². The quantitative estimate of drug-likeness (QED) is 0.415. The topological polar surface area (TPSA) is 26.0 Å². The molecule has 0 saturated carbocycles. The second-order valence-corrected chi connectivity index (χ2v) is 4.16. The molecule has 3 aromatic carbocycles. The lowest BCUT2D eigenvalue weighted by atomic mass is 9.99. The van der Waals surface area contributed by atoms with Crippen molar-refractivity contribution in [1.82, 2.24) is 5.16 Å². The number of fused-ring (bicyclic) bond motifs is 6. The van der Waals surface area contributed by atoms with Crippen LogP contribution in [-0.2, 0) is 0 Å². The van der Waals surface area contributed by atoms with Crippen LogP contribution in [0.15, 0.2) is 59.3 Å². The molecule has 2 heteroatoms. The minimum absolute atomic E-state index is 0.874. The molecule has 0 aliphatic rings. The zero-order valence-corrected chi connectivity index (χ0v) is 9.05. The molecule has 0 radical (unpaired) electrons. The molecule has 0 fully saturated rings. The second-order valence-electron chi connectivity index (χ2n) is 4.16. The molecule has 1 aromatic heterocycles. The molecule has 0 spiro atoms. The van der Waals surface area contributed by atoms with Crippen molar-refractivity contribution < 1.29 is 4.52 Å². The van der Waals surface area contributed by atoms with Crippen LogP contribution >= 0.6 is 0 Å². The van der Waals surface area contributed by atoms with Crippen molar-refractivity contribution in [1.29, 1.82) is 0 Å². The molecule has 0 bridgehead atoms. The van der Waals surface area contributed by atoms with E-state index in [1.54, 1.807) is 6.20 Å². The fourth-order valence-electron chi connectivity index (χ4n) is 2.49. The highest BCUT2D eigenvalue weighted by molar-refractivity contribution is 6.23. The Labute approximate surface area is 97.4 Å². The third-order valence-electron chi connectivity index (χ3n) is 3.25. The van der Waals surface area contributed by atoms with Gasteiger partial charge in [-0.3, -0.25) is 0 Å². The van der Waals surface area contributed by atoms with E-state index in [9.17, 15) is 0 Å². The Morgan fingerprint density at radius 1 is 0.647 bits per heavy atom. The molecule has 1 heterocycles. The molecular formula is C15H9NO. The Bertz CT molecular complexity index is 775. The predicted molar refractivity (Wildman–Crippen MR) is 69.0 cm³/mol. The van der Waals surface area contributed by atoms with E-state index >= 15 is 0 Å². The summed E-state index contributed by atoms with van der Waals surface area (Å²) in [5.74, 6) is 0. The summed E-state index contributed by atoms with van der Waals surface area (Å²) in [7, 11) is 0. The smallest absolute Gasteiger partial charge is 0.175 e. The SMILES string of the molecule is c1ccc2c(c1)c1ccccc1c1oncc21. The molecular weight excluding hydrogens is 210 g/mol. The van der Waals surface area contributed by atoms with Crippen molar-refractivity contribution in [3.63, 3.8) is 0 Å². The first-order valence-corrected chi connectivity index (χ1v) is 5.59. The van der Waals surface area contributed by atoms with Crippen LogP contribution in [-0.4, -0.2) is 5.16 Å². The Morgan fingerprint density at radius 3 is 1.88 bits per heavy atom. The first-order valence-electron chi connectivity index (χ1n) is 5.59. The van der Waals surface area contributed by atoms with E-state index in [1.165, 1.54) is 16.2 Å². The van der Waals surface area contributed by atoms with Gasteiger partial charge >= 0.3 is 0 Å². The molecule has 0 N–H and O–H groups in total. The van der Waals surface area contributed by atoms with E-state index in [0.717, 1.165) is 16.4 Å². The molecule has 0 aliphatic heterocycles. The molecule has 0 amide bonds. The number of hydrogen-bond donors (Lipinski definition) is 0. The zero-order chi connectivity index (χ0) is 11.2. The van der Waals surface area contributed by atoms with Crippen LogP contribution in [0.3, 0.4) is 0 Å². The third kappa shape index (κ3) is 1.07. The molecule has 4 rings (SSSR count). The molecule has 2 nitrogen and oxygen atoms in total. The van der Waals surface area contributed by atoms with Gasteiger partial charge in [-0.1, -0.05) is 53.7 Å². The Hall–Kier alpha value is -2.35. The minimum Gasteiger partial charge on any atom is -0.356 e. The van der Waals surface area contributed by atoms with E-state index in [1.807, 2.05) is 12.1 Å². The van der Waals surface area contributed by atoms with Crippen molar-refractivity contribution >= 4 is 32.5 Å². The van der Waals surface area contributed by atoms with Crippen LogP contribution < -0.4 is 0 Å². The third-order valence-corrected chi connectivity index (χ3v) is 3.25. The van der Waals surface area contributed by atoms with Crippen LogP contribution in [0.4, 0.5) is 0 Å². The highest BCUT2D eigenvalue weighted by Crippen LogP contribution is 2.34. The predicted octanol–water partition coefficient (Wildman–Crippen LogP) is 4.13. The van der Waals surface area contributed by atoms with Gasteiger partial charge in [-0.2, -0.15) is 0 Å². The van der Waals surface area contributed by atoms with Crippen molar-refractivity contribution in [3.05, 3.63) is 54.7 Å². The average molecular weight is 219 g/mol. The highest BCUT2D eigenvalue weighted by Gasteiger charge is 2.10. The molecule has 0 atom stereocenters. The van der Waals surface area contributed by atoms with Crippen LogP contribution in [0.25, 0.3) is 32.5 Å². The maximum atomic E-state index is 5.39. The van der Waals surface area contributed by atoms with Gasteiger partial charge in [-0.15, -0.1) is 0 Å². The standard InChI is InChI=1S/C15H9NO/c1-2-7-12-10(5-1)11-6-3-4-8-13(11)15-14(12)9-16-17-15/h1-9H. The van der Waals surface area contributed by atoms with Gasteiger partial charge in [0, 0.05) is 5.39 Å². The number of nitrogens with zero attached hydrogens (tertiary/aromatic N) is 1. The Morgan fingerprint density at radius 2 is 1.18 bits per heavy atom. The number of rotatable bonds is 0. The molecule has 0 unspecified atom stereocenters. The van der Waals surface area contributed by atoms with Gasteiger partial charge in [-0.05, 0) is 16.2 Å². The maximum Gasteiger partial charge on any atom is 0.175 e. The second kappa shape index (κ2) is 3.08. The summed E-state index contributed by atoms with van der Waals surface area (Å²) in [6.45, 7) is 0. The van der Waals surface area contributed by atoms with Gasteiger partial charge in [0.05, 0.1) is 11.6 Å². The van der Waals surface area contributed by atoms with Crippen LogP contribution in [0.1, 0.15) is 0 Å². The van der Waals surface area contributed by atoms with Crippen LogP contribution in [0.2, 0.25) is 0 Å². The van der Waals surface area contributed by atoms with Crippen molar-refractivity contribution in [2.45, 2.75) is 0 Å². The summed E-state index contributed by atoms with van der Waals surface area (Å²) in [5.41, 5.74) is 0.874. The lowest BCUT2D eigenvalue weighted by Crippen LogP contribution is -1.78. The summed E-state index contributed by atoms with van der Waals surface area (Å²) in [4.78, 5) is 0. The molecule has 0 saturated heterocycles. The molecule has 80 valence electrons. The van der Waals surface area contributed by atoms with E-state index in [4.69, 9.17) is 4.52 Å². The van der Waals surface area contributed by atoms with Gasteiger partial charge in [0.25, 0.3) is 0 Å². The fraction of sp³-hybridized carbons (Fsp3) is 0. The van der Waals surface area contributed by atoms with E-state index in [-0.39, 0.29) is 0 Å². The molecule has 17 heavy (non-hydrogen) atoms. The fourth-order valence-corrected chi connectivity index (χ4v) is 2.49. The summed E-state index contributed by atoms with van der Waals surface area (Å²) in [5, 5.41) is 9.79. The minimum atomic E-state index is 0.874. The Balaban J connectivity index is 2.48. The van der Waals surface area contributed by atoms with Gasteiger partial charge in [0.2, 0.25) is 0 Å². The van der Waals surface area contributed by atoms with Gasteiger partial charge in [-0.25, -0.2) is 0 Å². The van der Waals surface area contributed by atoms with Crippen molar-refractivity contribution in [3.8, 4) is 0 Å². The summed E-state index contributed by atoms with van der Waals surface area (Å²) in [6.07, 6.45) is 1.80. The largest absolute Gasteiger partial charge is 0.356 e. The highest BCUT2D eigenvalue weighted by atomic mass is 16.5. The molecule has 4 aromatic rings. The zero-order valence-electron chi connectivity index (χ0n) is 9.05. The summed E-state index contributed by atoms with van der Waals surface area (Å²) < 4.78 is 5.39. The van der Waals surface area contributed by atoms with E-state index in [2.05, 4.69) is 41.6 Å². The van der Waals surface area contributed by atoms with Gasteiger partial charge < -0.3 is 4.52 Å². The normalized spacial score (nSPS) is 11.5. The van der Waals surface area contributed by atoms with Crippen molar-refractivity contribution in [2.75, 3.05) is 0 Å². The number of benzene rings is 3. The van der Waals surface area contributed by atoms with E-state index in [0.29, 0.717) is 0 Å². The summed E-state index contributed by atoms with van der Waals surface area (Å²) >= 11 is 0. The Kier molecular flexibility index (Phi) is 1.59. The first kappa shape index (κ1) is 8.76.